The van der Waals surface area contributed by atoms with E-state index in [9.17, 15) is 19.8 Å². The van der Waals surface area contributed by atoms with Crippen molar-refractivity contribution >= 4 is 11.9 Å². The van der Waals surface area contributed by atoms with E-state index in [4.69, 9.17) is 4.74 Å². The first-order valence-corrected chi connectivity index (χ1v) is 14.6. The SMILES string of the molecule is CCCCCCCCCCCCC(=O)OCC(O)CC(CCCCCCCCCCC)C(=O)O. The van der Waals surface area contributed by atoms with E-state index in [0.717, 1.165) is 38.5 Å². The smallest absolute Gasteiger partial charge is 0.306 e. The number of carbonyl (C=O) groups is 2. The fourth-order valence-electron chi connectivity index (χ4n) is 4.46. The lowest BCUT2D eigenvalue weighted by atomic mass is 9.94. The number of carboxylic acids is 1. The average Bonchev–Trinajstić information content (AvgIpc) is 2.82. The lowest BCUT2D eigenvalue weighted by Crippen LogP contribution is -2.25. The minimum atomic E-state index is -0.906. The van der Waals surface area contributed by atoms with Crippen LogP contribution in [0.25, 0.3) is 0 Å². The summed E-state index contributed by atoms with van der Waals surface area (Å²) in [4.78, 5) is 23.4. The van der Waals surface area contributed by atoms with Crippen LogP contribution in [0.4, 0.5) is 0 Å². The lowest BCUT2D eigenvalue weighted by Gasteiger charge is -2.17. The molecule has 2 N–H and O–H groups in total. The topological polar surface area (TPSA) is 83.8 Å². The van der Waals surface area contributed by atoms with Crippen LogP contribution in [0.5, 0.6) is 0 Å². The lowest BCUT2D eigenvalue weighted by molar-refractivity contribution is -0.148. The largest absolute Gasteiger partial charge is 0.481 e. The van der Waals surface area contributed by atoms with Gasteiger partial charge in [-0.2, -0.15) is 0 Å². The maximum absolute atomic E-state index is 11.9. The van der Waals surface area contributed by atoms with E-state index in [1.165, 1.54) is 83.5 Å². The molecule has 0 bridgehead atoms. The number of esters is 1. The molecule has 0 rings (SSSR count). The van der Waals surface area contributed by atoms with E-state index in [0.29, 0.717) is 12.8 Å². The standard InChI is InChI=1S/C29H56O5/c1-3-5-7-9-11-13-15-17-19-21-23-28(31)34-25-27(30)24-26(29(32)33)22-20-18-16-14-12-10-8-6-4-2/h26-27,30H,3-25H2,1-2H3,(H,32,33). The Balaban J connectivity index is 3.72. The Kier molecular flexibility index (Phi) is 24.2. The molecule has 0 spiro atoms. The molecule has 2 unspecified atom stereocenters. The summed E-state index contributed by atoms with van der Waals surface area (Å²) in [6.45, 7) is 4.36. The Bertz CT molecular complexity index is 465. The van der Waals surface area contributed by atoms with Crippen LogP contribution in [-0.4, -0.2) is 34.9 Å². The third-order valence-electron chi connectivity index (χ3n) is 6.73. The number of carbonyl (C=O) groups excluding carboxylic acids is 1. The van der Waals surface area contributed by atoms with E-state index >= 15 is 0 Å². The van der Waals surface area contributed by atoms with Crippen molar-refractivity contribution in [1.29, 1.82) is 0 Å². The second-order valence-electron chi connectivity index (χ2n) is 10.2. The highest BCUT2D eigenvalue weighted by Crippen LogP contribution is 2.18. The first kappa shape index (κ1) is 32.9. The Morgan fingerprint density at radius 2 is 1.06 bits per heavy atom. The van der Waals surface area contributed by atoms with Gasteiger partial charge in [-0.25, -0.2) is 0 Å². The van der Waals surface area contributed by atoms with Gasteiger partial charge in [-0.15, -0.1) is 0 Å². The van der Waals surface area contributed by atoms with Gasteiger partial charge in [0, 0.05) is 6.42 Å². The normalized spacial score (nSPS) is 13.0. The van der Waals surface area contributed by atoms with Gasteiger partial charge >= 0.3 is 11.9 Å². The highest BCUT2D eigenvalue weighted by molar-refractivity contribution is 5.70. The molecule has 0 radical (unpaired) electrons. The molecule has 202 valence electrons. The van der Waals surface area contributed by atoms with E-state index < -0.39 is 18.0 Å². The van der Waals surface area contributed by atoms with Crippen molar-refractivity contribution in [2.24, 2.45) is 5.92 Å². The molecule has 34 heavy (non-hydrogen) atoms. The third-order valence-corrected chi connectivity index (χ3v) is 6.73. The van der Waals surface area contributed by atoms with Gasteiger partial charge in [-0.1, -0.05) is 129 Å². The van der Waals surface area contributed by atoms with Crippen LogP contribution in [0.3, 0.4) is 0 Å². The van der Waals surface area contributed by atoms with Gasteiger partial charge in [-0.3, -0.25) is 9.59 Å². The molecule has 0 aromatic rings. The van der Waals surface area contributed by atoms with Crippen molar-refractivity contribution in [3.8, 4) is 0 Å². The van der Waals surface area contributed by atoms with Crippen molar-refractivity contribution < 1.29 is 24.5 Å². The van der Waals surface area contributed by atoms with Crippen LogP contribution < -0.4 is 0 Å². The zero-order valence-corrected chi connectivity index (χ0v) is 22.5. The van der Waals surface area contributed by atoms with Gasteiger partial charge in [0.15, 0.2) is 0 Å². The Morgan fingerprint density at radius 1 is 0.647 bits per heavy atom. The van der Waals surface area contributed by atoms with Gasteiger partial charge in [0.25, 0.3) is 0 Å². The fourth-order valence-corrected chi connectivity index (χ4v) is 4.46. The van der Waals surface area contributed by atoms with Crippen molar-refractivity contribution in [3.63, 3.8) is 0 Å². The zero-order chi connectivity index (χ0) is 25.3. The van der Waals surface area contributed by atoms with E-state index in [2.05, 4.69) is 13.8 Å². The summed E-state index contributed by atoms with van der Waals surface area (Å²) in [5.74, 6) is -1.72. The molecule has 0 amide bonds. The Hall–Kier alpha value is -1.10. The summed E-state index contributed by atoms with van der Waals surface area (Å²) in [5.41, 5.74) is 0. The van der Waals surface area contributed by atoms with Crippen LogP contribution in [0, 0.1) is 5.92 Å². The van der Waals surface area contributed by atoms with E-state index in [-0.39, 0.29) is 19.0 Å². The fraction of sp³-hybridized carbons (Fsp3) is 0.931. The number of aliphatic hydroxyl groups excluding tert-OH is 1. The number of aliphatic hydroxyl groups is 1. The number of carboxylic acid groups (broad SMARTS) is 1. The quantitative estimate of drug-likeness (QED) is 0.0954. The van der Waals surface area contributed by atoms with Gasteiger partial charge in [0.05, 0.1) is 12.0 Å². The minimum Gasteiger partial charge on any atom is -0.481 e. The highest BCUT2D eigenvalue weighted by atomic mass is 16.5. The van der Waals surface area contributed by atoms with Crippen molar-refractivity contribution in [3.05, 3.63) is 0 Å². The number of rotatable bonds is 26. The molecule has 0 saturated heterocycles. The number of hydrogen-bond acceptors (Lipinski definition) is 4. The molecule has 5 heteroatoms. The third kappa shape index (κ3) is 22.7. The van der Waals surface area contributed by atoms with E-state index in [1.54, 1.807) is 0 Å². The molecule has 0 aliphatic rings. The first-order valence-electron chi connectivity index (χ1n) is 14.6. The molecule has 5 nitrogen and oxygen atoms in total. The monoisotopic (exact) mass is 484 g/mol. The number of unbranched alkanes of at least 4 members (excludes halogenated alkanes) is 17. The Labute approximate surface area is 210 Å². The van der Waals surface area contributed by atoms with Crippen molar-refractivity contribution in [2.75, 3.05) is 6.61 Å². The average molecular weight is 485 g/mol. The maximum atomic E-state index is 11.9. The molecule has 0 aliphatic carbocycles. The van der Waals surface area contributed by atoms with E-state index in [1.807, 2.05) is 0 Å². The summed E-state index contributed by atoms with van der Waals surface area (Å²) >= 11 is 0. The summed E-state index contributed by atoms with van der Waals surface area (Å²) < 4.78 is 5.18. The molecule has 0 saturated carbocycles. The van der Waals surface area contributed by atoms with Crippen molar-refractivity contribution in [2.45, 2.75) is 161 Å². The molecular formula is C29H56O5. The second kappa shape index (κ2) is 25.0. The zero-order valence-electron chi connectivity index (χ0n) is 22.5. The predicted octanol–water partition coefficient (Wildman–Crippen LogP) is 8.21. The molecule has 0 aromatic carbocycles. The summed E-state index contributed by atoms with van der Waals surface area (Å²) in [5, 5.41) is 19.6. The number of hydrogen-bond donors (Lipinski definition) is 2. The molecule has 0 aromatic heterocycles. The molecule has 0 aliphatic heterocycles. The number of ether oxygens (including phenoxy) is 1. The minimum absolute atomic E-state index is 0.0991. The van der Waals surface area contributed by atoms with Gasteiger partial charge in [0.2, 0.25) is 0 Å². The molecule has 0 heterocycles. The Morgan fingerprint density at radius 3 is 1.50 bits per heavy atom. The van der Waals surface area contributed by atoms with Crippen LogP contribution >= 0.6 is 0 Å². The molecule has 0 fully saturated rings. The summed E-state index contributed by atoms with van der Waals surface area (Å²) in [6.07, 6.45) is 23.1. The second-order valence-corrected chi connectivity index (χ2v) is 10.2. The van der Waals surface area contributed by atoms with Gasteiger partial charge < -0.3 is 14.9 Å². The number of aliphatic carboxylic acids is 1. The van der Waals surface area contributed by atoms with Gasteiger partial charge in [-0.05, 0) is 19.3 Å². The first-order chi connectivity index (χ1) is 16.5. The molecule has 2 atom stereocenters. The summed E-state index contributed by atoms with van der Waals surface area (Å²) in [7, 11) is 0. The van der Waals surface area contributed by atoms with Crippen molar-refractivity contribution in [1.82, 2.24) is 0 Å². The highest BCUT2D eigenvalue weighted by Gasteiger charge is 2.22. The predicted molar refractivity (Wildman–Crippen MR) is 141 cm³/mol. The van der Waals surface area contributed by atoms with Crippen LogP contribution in [0.1, 0.15) is 155 Å². The van der Waals surface area contributed by atoms with Gasteiger partial charge in [0.1, 0.15) is 6.61 Å². The van der Waals surface area contributed by atoms with Crippen LogP contribution in [0.15, 0.2) is 0 Å². The molecular weight excluding hydrogens is 428 g/mol. The summed E-state index contributed by atoms with van der Waals surface area (Å²) in [6, 6.07) is 0. The van der Waals surface area contributed by atoms with Crippen LogP contribution in [-0.2, 0) is 14.3 Å². The van der Waals surface area contributed by atoms with Crippen LogP contribution in [0.2, 0.25) is 0 Å². The maximum Gasteiger partial charge on any atom is 0.306 e.